The predicted molar refractivity (Wildman–Crippen MR) is 75.7 cm³/mol. The van der Waals surface area contributed by atoms with Gasteiger partial charge in [0.15, 0.2) is 18.1 Å². The van der Waals surface area contributed by atoms with E-state index in [9.17, 15) is 4.79 Å². The number of hydrogen-bond acceptors (Lipinski definition) is 6. The summed E-state index contributed by atoms with van der Waals surface area (Å²) in [5.41, 5.74) is 0.462. The fourth-order valence-electron chi connectivity index (χ4n) is 1.56. The van der Waals surface area contributed by atoms with Gasteiger partial charge in [0.1, 0.15) is 0 Å². The Morgan fingerprint density at radius 3 is 2.38 bits per heavy atom. The van der Waals surface area contributed by atoms with Gasteiger partial charge in [-0.2, -0.15) is 0 Å². The summed E-state index contributed by atoms with van der Waals surface area (Å²) in [6.45, 7) is -0.146. The number of aromatic nitrogens is 2. The second-order valence-corrected chi connectivity index (χ2v) is 3.95. The topological polar surface area (TPSA) is 82.6 Å². The van der Waals surface area contributed by atoms with E-state index in [-0.39, 0.29) is 18.5 Å². The number of carbonyl (C=O) groups excluding carboxylic acids is 1. The first-order chi connectivity index (χ1) is 10.2. The van der Waals surface area contributed by atoms with Gasteiger partial charge in [-0.1, -0.05) is 12.1 Å². The van der Waals surface area contributed by atoms with Gasteiger partial charge in [-0.15, -0.1) is 0 Å². The summed E-state index contributed by atoms with van der Waals surface area (Å²) < 4.78 is 15.4. The Balaban J connectivity index is 1.89. The van der Waals surface area contributed by atoms with E-state index in [0.717, 1.165) is 0 Å². The molecule has 7 heteroatoms. The number of carbonyl (C=O) groups is 1. The first kappa shape index (κ1) is 14.6. The van der Waals surface area contributed by atoms with E-state index < -0.39 is 0 Å². The summed E-state index contributed by atoms with van der Waals surface area (Å²) in [6, 6.07) is 7.33. The van der Waals surface area contributed by atoms with E-state index in [1.54, 1.807) is 18.2 Å². The average molecular weight is 289 g/mol. The van der Waals surface area contributed by atoms with Crippen molar-refractivity contribution in [2.45, 2.75) is 0 Å². The van der Waals surface area contributed by atoms with Crippen molar-refractivity contribution in [3.05, 3.63) is 36.7 Å². The average Bonchev–Trinajstić information content (AvgIpc) is 2.54. The molecule has 0 aliphatic carbocycles. The number of methoxy groups -OCH3 is 2. The van der Waals surface area contributed by atoms with E-state index >= 15 is 0 Å². The van der Waals surface area contributed by atoms with E-state index in [1.165, 1.54) is 26.6 Å². The molecule has 2 aromatic rings. The van der Waals surface area contributed by atoms with Crippen LogP contribution in [0.2, 0.25) is 0 Å². The normalized spacial score (nSPS) is 9.81. The molecule has 0 unspecified atom stereocenters. The minimum Gasteiger partial charge on any atom is -0.493 e. The van der Waals surface area contributed by atoms with Gasteiger partial charge in [-0.25, -0.2) is 9.97 Å². The van der Waals surface area contributed by atoms with Crippen molar-refractivity contribution in [1.82, 2.24) is 9.97 Å². The highest BCUT2D eigenvalue weighted by molar-refractivity contribution is 5.91. The quantitative estimate of drug-likeness (QED) is 0.868. The van der Waals surface area contributed by atoms with Gasteiger partial charge < -0.3 is 19.5 Å². The SMILES string of the molecule is COc1ncc(NC(=O)COc2ccccc2OC)cn1. The second-order valence-electron chi connectivity index (χ2n) is 3.95. The summed E-state index contributed by atoms with van der Waals surface area (Å²) >= 11 is 0. The summed E-state index contributed by atoms with van der Waals surface area (Å²) in [4.78, 5) is 19.6. The highest BCUT2D eigenvalue weighted by Gasteiger charge is 2.07. The maximum absolute atomic E-state index is 11.8. The van der Waals surface area contributed by atoms with Crippen LogP contribution in [0.15, 0.2) is 36.7 Å². The molecule has 0 spiro atoms. The van der Waals surface area contributed by atoms with Crippen LogP contribution in [0.1, 0.15) is 0 Å². The van der Waals surface area contributed by atoms with Crippen molar-refractivity contribution < 1.29 is 19.0 Å². The van der Waals surface area contributed by atoms with Gasteiger partial charge in [-0.3, -0.25) is 4.79 Å². The number of benzene rings is 1. The number of nitrogens with one attached hydrogen (secondary N) is 1. The number of para-hydroxylation sites is 2. The van der Waals surface area contributed by atoms with Crippen molar-refractivity contribution in [3.63, 3.8) is 0 Å². The lowest BCUT2D eigenvalue weighted by Gasteiger charge is -2.10. The zero-order valence-electron chi connectivity index (χ0n) is 11.7. The molecule has 1 heterocycles. The fourth-order valence-corrected chi connectivity index (χ4v) is 1.56. The van der Waals surface area contributed by atoms with Gasteiger partial charge >= 0.3 is 6.01 Å². The Bertz CT molecular complexity index is 601. The van der Waals surface area contributed by atoms with Crippen molar-refractivity contribution in [2.75, 3.05) is 26.1 Å². The lowest BCUT2D eigenvalue weighted by molar-refractivity contribution is -0.118. The zero-order chi connectivity index (χ0) is 15.1. The minimum absolute atomic E-state index is 0.146. The Kier molecular flexibility index (Phi) is 4.92. The first-order valence-corrected chi connectivity index (χ1v) is 6.14. The van der Waals surface area contributed by atoms with Crippen LogP contribution >= 0.6 is 0 Å². The third-order valence-electron chi connectivity index (χ3n) is 2.52. The second kappa shape index (κ2) is 7.09. The zero-order valence-corrected chi connectivity index (χ0v) is 11.7. The number of anilines is 1. The molecule has 0 saturated carbocycles. The molecule has 0 aliphatic rings. The van der Waals surface area contributed by atoms with Crippen molar-refractivity contribution in [1.29, 1.82) is 0 Å². The Hall–Kier alpha value is -2.83. The summed E-state index contributed by atoms with van der Waals surface area (Å²) in [6.07, 6.45) is 2.90. The predicted octanol–water partition coefficient (Wildman–Crippen LogP) is 1.51. The highest BCUT2D eigenvalue weighted by Crippen LogP contribution is 2.25. The van der Waals surface area contributed by atoms with Crippen LogP contribution in [0.5, 0.6) is 17.5 Å². The smallest absolute Gasteiger partial charge is 0.316 e. The molecule has 0 fully saturated rings. The number of ether oxygens (including phenoxy) is 3. The molecule has 0 radical (unpaired) electrons. The summed E-state index contributed by atoms with van der Waals surface area (Å²) in [5, 5.41) is 2.62. The molecule has 0 atom stereocenters. The molecule has 21 heavy (non-hydrogen) atoms. The van der Waals surface area contributed by atoms with E-state index in [0.29, 0.717) is 17.2 Å². The van der Waals surface area contributed by atoms with Gasteiger partial charge in [0.2, 0.25) is 0 Å². The monoisotopic (exact) mass is 289 g/mol. The van der Waals surface area contributed by atoms with Crippen molar-refractivity contribution >= 4 is 11.6 Å². The van der Waals surface area contributed by atoms with Gasteiger partial charge in [0.25, 0.3) is 5.91 Å². The fraction of sp³-hybridized carbons (Fsp3) is 0.214. The molecule has 1 aromatic carbocycles. The first-order valence-electron chi connectivity index (χ1n) is 6.14. The molecule has 110 valence electrons. The minimum atomic E-state index is -0.324. The number of hydrogen-bond donors (Lipinski definition) is 1. The molecule has 0 aliphatic heterocycles. The van der Waals surface area contributed by atoms with Crippen LogP contribution in [0.4, 0.5) is 5.69 Å². The maximum atomic E-state index is 11.8. The number of rotatable bonds is 6. The molecule has 1 N–H and O–H groups in total. The van der Waals surface area contributed by atoms with Crippen molar-refractivity contribution in [2.24, 2.45) is 0 Å². The standard InChI is InChI=1S/C14H15N3O4/c1-19-11-5-3-4-6-12(11)21-9-13(18)17-10-7-15-14(20-2)16-8-10/h3-8H,9H2,1-2H3,(H,17,18). The Morgan fingerprint density at radius 2 is 1.76 bits per heavy atom. The van der Waals surface area contributed by atoms with Gasteiger partial charge in [0.05, 0.1) is 32.3 Å². The number of nitrogens with zero attached hydrogens (tertiary/aromatic N) is 2. The van der Waals surface area contributed by atoms with Crippen LogP contribution in [0.3, 0.4) is 0 Å². The molecule has 0 bridgehead atoms. The molecule has 2 rings (SSSR count). The van der Waals surface area contributed by atoms with E-state index in [4.69, 9.17) is 14.2 Å². The van der Waals surface area contributed by atoms with Crippen LogP contribution in [0.25, 0.3) is 0 Å². The van der Waals surface area contributed by atoms with E-state index in [1.807, 2.05) is 6.07 Å². The lowest BCUT2D eigenvalue weighted by atomic mass is 10.3. The van der Waals surface area contributed by atoms with Crippen molar-refractivity contribution in [3.8, 4) is 17.5 Å². The third-order valence-corrected chi connectivity index (χ3v) is 2.52. The highest BCUT2D eigenvalue weighted by atomic mass is 16.5. The number of amides is 1. The maximum Gasteiger partial charge on any atom is 0.316 e. The summed E-state index contributed by atoms with van der Waals surface area (Å²) in [5.74, 6) is 0.744. The Morgan fingerprint density at radius 1 is 1.10 bits per heavy atom. The summed E-state index contributed by atoms with van der Waals surface area (Å²) in [7, 11) is 3.01. The molecular formula is C14H15N3O4. The molecule has 0 saturated heterocycles. The van der Waals surface area contributed by atoms with Gasteiger partial charge in [-0.05, 0) is 12.1 Å². The van der Waals surface area contributed by atoms with Gasteiger partial charge in [0, 0.05) is 0 Å². The van der Waals surface area contributed by atoms with Crippen LogP contribution in [-0.4, -0.2) is 36.7 Å². The van der Waals surface area contributed by atoms with E-state index in [2.05, 4.69) is 15.3 Å². The molecular weight excluding hydrogens is 274 g/mol. The Labute approximate surface area is 121 Å². The van der Waals surface area contributed by atoms with Crippen LogP contribution < -0.4 is 19.5 Å². The molecule has 7 nitrogen and oxygen atoms in total. The molecule has 1 aromatic heterocycles. The van der Waals surface area contributed by atoms with Crippen LogP contribution in [0, 0.1) is 0 Å². The largest absolute Gasteiger partial charge is 0.493 e. The third kappa shape index (κ3) is 4.07. The lowest BCUT2D eigenvalue weighted by Crippen LogP contribution is -2.20. The molecule has 1 amide bonds. The van der Waals surface area contributed by atoms with Crippen LogP contribution in [-0.2, 0) is 4.79 Å².